The Morgan fingerprint density at radius 2 is 0.316 bits per heavy atom. The molecule has 0 unspecified atom stereocenters. The van der Waals surface area contributed by atoms with Crippen LogP contribution >= 0.6 is 25.8 Å². The maximum absolute atomic E-state index is 7.32. The van der Waals surface area contributed by atoms with Gasteiger partial charge in [-0.1, -0.05) is 164 Å². The average Bonchev–Trinajstić information content (AvgIpc) is 3.43. The molecular weight excluding hydrogens is 1090 g/mol. The molecule has 0 amide bonds. The van der Waals surface area contributed by atoms with Gasteiger partial charge in [0.1, 0.15) is 51.7 Å². The van der Waals surface area contributed by atoms with Crippen LogP contribution in [0.3, 0.4) is 0 Å². The molecule has 9 aromatic carbocycles. The Morgan fingerprint density at radius 1 is 0.228 bits per heavy atom. The van der Waals surface area contributed by atoms with Crippen molar-refractivity contribution in [2.45, 2.75) is 69.2 Å². The van der Waals surface area contributed by atoms with Gasteiger partial charge < -0.3 is 40.7 Å². The van der Waals surface area contributed by atoms with E-state index in [4.69, 9.17) is 46.0 Å². The van der Waals surface area contributed by atoms with Crippen molar-refractivity contribution in [3.63, 3.8) is 0 Å². The largest absolute Gasteiger partial charge is 0.530 e. The van der Waals surface area contributed by atoms with Crippen molar-refractivity contribution in [1.82, 2.24) is 0 Å². The molecule has 0 aliphatic carbocycles. The second-order valence-corrected chi connectivity index (χ2v) is 20.6. The Morgan fingerprint density at radius 3 is 0.405 bits per heavy atom. The molecule has 9 rings (SSSR count). The maximum atomic E-state index is 7.32. The fourth-order valence-electron chi connectivity index (χ4n) is 6.82. The number of aryl methyl sites for hydroxylation is 9. The fraction of sp³-hybridized carbons (Fsp3) is 0.154. The van der Waals surface area contributed by atoms with E-state index >= 15 is 0 Å². The monoisotopic (exact) mass is 1160 g/mol. The molecule has 0 atom stereocenters. The second-order valence-electron chi connectivity index (χ2n) is 17.6. The van der Waals surface area contributed by atoms with E-state index in [-0.39, 0.29) is 16.8 Å². The van der Waals surface area contributed by atoms with Crippen LogP contribution in [-0.2, 0) is 16.8 Å². The molecule has 0 spiro atoms. The van der Waals surface area contributed by atoms with Crippen LogP contribution in [0.2, 0.25) is 0 Å². The van der Waals surface area contributed by atoms with Gasteiger partial charge in [-0.2, -0.15) is 5.26 Å². The van der Waals surface area contributed by atoms with E-state index < -0.39 is 25.8 Å². The van der Waals surface area contributed by atoms with Gasteiger partial charge in [-0.3, -0.25) is 0 Å². The Hall–Kier alpha value is -7.53. The molecule has 0 saturated heterocycles. The summed E-state index contributed by atoms with van der Waals surface area (Å²) in [5.41, 5.74) is 9.35. The SMILES string of the molecule is CC#N.Cc1ccccc1OP(Oc1ccccc1C)Oc1ccccc1C.Cc1ccccc1OP(Oc1ccccc1C)Oc1ccccc1C.Cc1ccccc1OP(Oc1ccccc1C)Oc1ccccc1C.[Co]. The predicted molar refractivity (Wildman–Crippen MR) is 318 cm³/mol. The molecule has 9 aromatic rings. The van der Waals surface area contributed by atoms with Gasteiger partial charge in [-0.05, 0) is 167 Å². The van der Waals surface area contributed by atoms with Crippen molar-refractivity contribution in [3.8, 4) is 57.8 Å². The molecule has 1 radical (unpaired) electrons. The van der Waals surface area contributed by atoms with Gasteiger partial charge in [0.15, 0.2) is 0 Å². The molecule has 0 aromatic heterocycles. The van der Waals surface area contributed by atoms with Crippen LogP contribution in [0, 0.1) is 73.6 Å². The third kappa shape index (κ3) is 20.3. The van der Waals surface area contributed by atoms with Crippen LogP contribution in [0.25, 0.3) is 0 Å². The first-order chi connectivity index (χ1) is 37.8. The van der Waals surface area contributed by atoms with E-state index in [1.54, 1.807) is 6.07 Å². The topological polar surface area (TPSA) is 107 Å². The van der Waals surface area contributed by atoms with E-state index in [9.17, 15) is 0 Å². The summed E-state index contributed by atoms with van der Waals surface area (Å²) in [6.07, 6.45) is 0. The molecule has 10 nitrogen and oxygen atoms in total. The molecule has 79 heavy (non-hydrogen) atoms. The quantitative estimate of drug-likeness (QED) is 0.0771. The molecule has 0 aliphatic heterocycles. The van der Waals surface area contributed by atoms with Gasteiger partial charge in [0.25, 0.3) is 0 Å². The molecule has 0 saturated carbocycles. The van der Waals surface area contributed by atoms with Gasteiger partial charge in [0, 0.05) is 23.7 Å². The Bertz CT molecular complexity index is 2660. The van der Waals surface area contributed by atoms with Crippen molar-refractivity contribution in [3.05, 3.63) is 268 Å². The van der Waals surface area contributed by atoms with E-state index in [0.717, 1.165) is 102 Å². The van der Waals surface area contributed by atoms with Crippen LogP contribution < -0.4 is 40.7 Å². The standard InChI is InChI=1S/3C21H21O3P.C2H3N.Co/c3*1-16-10-4-7-13-19(16)22-25(23-20-14-8-5-11-17(20)2)24-21-15-9-6-12-18(21)3;1-2-3;/h3*4-15H,1-3H3;1H3;. The van der Waals surface area contributed by atoms with Crippen LogP contribution in [0.5, 0.6) is 51.7 Å². The minimum atomic E-state index is -1.64. The van der Waals surface area contributed by atoms with Crippen molar-refractivity contribution in [2.24, 2.45) is 0 Å². The average molecular weight is 1160 g/mol. The molecule has 0 bridgehead atoms. The number of nitrogens with zero attached hydrogens (tertiary/aromatic N) is 1. The summed E-state index contributed by atoms with van der Waals surface area (Å²) in [7, 11) is -4.91. The summed E-state index contributed by atoms with van der Waals surface area (Å²) in [6, 6.07) is 72.4. The molecule has 0 heterocycles. The van der Waals surface area contributed by atoms with Gasteiger partial charge >= 0.3 is 25.8 Å². The normalized spacial score (nSPS) is 10.1. The molecule has 0 fully saturated rings. The van der Waals surface area contributed by atoms with Crippen LogP contribution in [0.15, 0.2) is 218 Å². The molecular formula is C65H66CoNO9P3. The number of benzene rings is 9. The van der Waals surface area contributed by atoms with Crippen molar-refractivity contribution < 1.29 is 57.5 Å². The van der Waals surface area contributed by atoms with E-state index in [0.29, 0.717) is 0 Å². The molecule has 409 valence electrons. The molecule has 0 aliphatic rings. The smallest absolute Gasteiger partial charge is 0.408 e. The van der Waals surface area contributed by atoms with Crippen molar-refractivity contribution in [1.29, 1.82) is 5.26 Å². The molecule has 0 N–H and O–H groups in total. The first kappa shape index (κ1) is 62.3. The van der Waals surface area contributed by atoms with Crippen molar-refractivity contribution >= 4 is 25.8 Å². The van der Waals surface area contributed by atoms with E-state index in [1.807, 2.05) is 281 Å². The first-order valence-electron chi connectivity index (χ1n) is 25.2. The van der Waals surface area contributed by atoms with E-state index in [1.165, 1.54) is 6.92 Å². The third-order valence-corrected chi connectivity index (χ3v) is 14.5. The Labute approximate surface area is 481 Å². The van der Waals surface area contributed by atoms with Crippen LogP contribution in [0.4, 0.5) is 0 Å². The maximum Gasteiger partial charge on any atom is 0.530 e. The van der Waals surface area contributed by atoms with Crippen LogP contribution in [0.1, 0.15) is 57.0 Å². The second kappa shape index (κ2) is 33.0. The number of hydrogen-bond acceptors (Lipinski definition) is 10. The third-order valence-electron chi connectivity index (χ3n) is 11.4. The van der Waals surface area contributed by atoms with Crippen LogP contribution in [-0.4, -0.2) is 0 Å². The van der Waals surface area contributed by atoms with Crippen molar-refractivity contribution in [2.75, 3.05) is 0 Å². The number of nitriles is 1. The molecule has 14 heteroatoms. The zero-order chi connectivity index (χ0) is 55.7. The van der Waals surface area contributed by atoms with Gasteiger partial charge in [0.2, 0.25) is 0 Å². The zero-order valence-electron chi connectivity index (χ0n) is 46.1. The fourth-order valence-corrected chi connectivity index (χ4v) is 10.4. The summed E-state index contributed by atoms with van der Waals surface area (Å²) in [5, 5.41) is 7.32. The Balaban J connectivity index is 0.000000211. The summed E-state index contributed by atoms with van der Waals surface area (Å²) in [5.74, 6) is 6.84. The van der Waals surface area contributed by atoms with Gasteiger partial charge in [0.05, 0.1) is 6.07 Å². The van der Waals surface area contributed by atoms with E-state index in [2.05, 4.69) is 0 Å². The first-order valence-corrected chi connectivity index (χ1v) is 28.4. The Kier molecular flexibility index (Phi) is 26.1. The number of rotatable bonds is 18. The summed E-state index contributed by atoms with van der Waals surface area (Å²) in [6.45, 7) is 19.5. The number of hydrogen-bond donors (Lipinski definition) is 0. The summed E-state index contributed by atoms with van der Waals surface area (Å²) in [4.78, 5) is 0. The summed E-state index contributed by atoms with van der Waals surface area (Å²) >= 11 is 0. The number of para-hydroxylation sites is 9. The van der Waals surface area contributed by atoms with Gasteiger partial charge in [-0.15, -0.1) is 0 Å². The minimum absolute atomic E-state index is 0. The predicted octanol–water partition coefficient (Wildman–Crippen LogP) is 19.7. The van der Waals surface area contributed by atoms with Gasteiger partial charge in [-0.25, -0.2) is 0 Å². The minimum Gasteiger partial charge on any atom is -0.408 e. The zero-order valence-corrected chi connectivity index (χ0v) is 49.8. The summed E-state index contributed by atoms with van der Waals surface area (Å²) < 4.78 is 54.8.